The third-order valence-electron chi connectivity index (χ3n) is 3.23. The summed E-state index contributed by atoms with van der Waals surface area (Å²) < 4.78 is 0. The maximum atomic E-state index is 6.16. The van der Waals surface area contributed by atoms with Crippen molar-refractivity contribution in [3.05, 3.63) is 44.9 Å². The van der Waals surface area contributed by atoms with Crippen molar-refractivity contribution < 1.29 is 0 Å². The van der Waals surface area contributed by atoms with Gasteiger partial charge in [-0.25, -0.2) is 4.98 Å². The molecule has 0 aliphatic heterocycles. The van der Waals surface area contributed by atoms with Gasteiger partial charge in [0.1, 0.15) is 5.01 Å². The molecule has 1 unspecified atom stereocenters. The van der Waals surface area contributed by atoms with E-state index in [0.29, 0.717) is 0 Å². The highest BCUT2D eigenvalue weighted by Gasteiger charge is 2.21. The number of benzene rings is 1. The summed E-state index contributed by atoms with van der Waals surface area (Å²) in [5, 5.41) is 1.97. The van der Waals surface area contributed by atoms with E-state index < -0.39 is 0 Å². The van der Waals surface area contributed by atoms with Crippen molar-refractivity contribution in [2.45, 2.75) is 36.0 Å². The van der Waals surface area contributed by atoms with E-state index in [4.69, 9.17) is 22.3 Å². The second kappa shape index (κ2) is 5.83. The zero-order valence-corrected chi connectivity index (χ0v) is 12.8. The molecule has 2 N–H and O–H groups in total. The molecule has 0 fully saturated rings. The number of thiazole rings is 1. The van der Waals surface area contributed by atoms with Crippen LogP contribution in [0.5, 0.6) is 0 Å². The second-order valence-electron chi connectivity index (χ2n) is 4.63. The highest BCUT2D eigenvalue weighted by Crippen LogP contribution is 2.35. The number of thioether (sulfide) groups is 1. The van der Waals surface area contributed by atoms with Crippen LogP contribution in [0.4, 0.5) is 0 Å². The highest BCUT2D eigenvalue weighted by molar-refractivity contribution is 7.98. The fourth-order valence-corrected chi connectivity index (χ4v) is 4.68. The molecule has 0 bridgehead atoms. The summed E-state index contributed by atoms with van der Waals surface area (Å²) in [6, 6.07) is 8.07. The molecule has 1 aliphatic carbocycles. The van der Waals surface area contributed by atoms with Gasteiger partial charge >= 0.3 is 0 Å². The van der Waals surface area contributed by atoms with Gasteiger partial charge in [-0.1, -0.05) is 23.7 Å². The Bertz CT molecular complexity index is 583. The van der Waals surface area contributed by atoms with E-state index in [-0.39, 0.29) is 6.04 Å². The molecular formula is C14H15ClN2S2. The number of rotatable bonds is 3. The van der Waals surface area contributed by atoms with Crippen LogP contribution in [0.15, 0.2) is 29.2 Å². The van der Waals surface area contributed by atoms with Gasteiger partial charge in [-0.2, -0.15) is 0 Å². The Morgan fingerprint density at radius 3 is 3.05 bits per heavy atom. The lowest BCUT2D eigenvalue weighted by Crippen LogP contribution is -2.16. The van der Waals surface area contributed by atoms with E-state index >= 15 is 0 Å². The molecule has 1 aromatic heterocycles. The van der Waals surface area contributed by atoms with Gasteiger partial charge in [0.2, 0.25) is 0 Å². The summed E-state index contributed by atoms with van der Waals surface area (Å²) in [5.41, 5.74) is 7.24. The molecule has 0 radical (unpaired) electrons. The van der Waals surface area contributed by atoms with Crippen LogP contribution in [0, 0.1) is 0 Å². The Hall–Kier alpha value is -0.550. The van der Waals surface area contributed by atoms with Gasteiger partial charge < -0.3 is 5.73 Å². The maximum absolute atomic E-state index is 6.16. The lowest BCUT2D eigenvalue weighted by atomic mass is 9.99. The van der Waals surface area contributed by atoms with Crippen molar-refractivity contribution in [2.24, 2.45) is 5.73 Å². The van der Waals surface area contributed by atoms with Crippen LogP contribution in [0.3, 0.4) is 0 Å². The quantitative estimate of drug-likeness (QED) is 0.853. The Balaban J connectivity index is 1.73. The largest absolute Gasteiger partial charge is 0.323 e. The summed E-state index contributed by atoms with van der Waals surface area (Å²) in [4.78, 5) is 7.20. The zero-order valence-electron chi connectivity index (χ0n) is 10.4. The molecule has 2 aromatic rings. The van der Waals surface area contributed by atoms with Crippen molar-refractivity contribution in [1.29, 1.82) is 0 Å². The zero-order chi connectivity index (χ0) is 13.2. The van der Waals surface area contributed by atoms with Crippen LogP contribution >= 0.6 is 34.7 Å². The van der Waals surface area contributed by atoms with Crippen molar-refractivity contribution in [3.63, 3.8) is 0 Å². The van der Waals surface area contributed by atoms with E-state index in [9.17, 15) is 0 Å². The van der Waals surface area contributed by atoms with Crippen LogP contribution in [-0.4, -0.2) is 4.98 Å². The van der Waals surface area contributed by atoms with Crippen molar-refractivity contribution in [1.82, 2.24) is 4.98 Å². The monoisotopic (exact) mass is 310 g/mol. The molecular weight excluding hydrogens is 296 g/mol. The van der Waals surface area contributed by atoms with E-state index in [1.165, 1.54) is 11.3 Å². The van der Waals surface area contributed by atoms with Crippen molar-refractivity contribution in [2.75, 3.05) is 0 Å². The average Bonchev–Trinajstić information content (AvgIpc) is 2.82. The predicted octanol–water partition coefficient (Wildman–Crippen LogP) is 4.42. The first-order valence-electron chi connectivity index (χ1n) is 6.35. The first kappa shape index (κ1) is 13.4. The van der Waals surface area contributed by atoms with Crippen LogP contribution in [0.1, 0.15) is 34.5 Å². The normalized spacial score (nSPS) is 18.3. The van der Waals surface area contributed by atoms with E-state index in [1.54, 1.807) is 11.8 Å². The van der Waals surface area contributed by atoms with Crippen LogP contribution in [0.25, 0.3) is 0 Å². The first-order valence-corrected chi connectivity index (χ1v) is 8.53. The molecule has 1 aliphatic rings. The molecule has 3 rings (SSSR count). The van der Waals surface area contributed by atoms with Crippen LogP contribution in [-0.2, 0) is 12.2 Å². The van der Waals surface area contributed by atoms with E-state index in [1.807, 2.05) is 35.6 Å². The van der Waals surface area contributed by atoms with Gasteiger partial charge in [-0.3, -0.25) is 0 Å². The van der Waals surface area contributed by atoms with Gasteiger partial charge in [0.05, 0.1) is 16.5 Å². The summed E-state index contributed by atoms with van der Waals surface area (Å²) >= 11 is 9.71. The van der Waals surface area contributed by atoms with E-state index in [0.717, 1.165) is 39.2 Å². The fraction of sp³-hybridized carbons (Fsp3) is 0.357. The summed E-state index contributed by atoms with van der Waals surface area (Å²) in [7, 11) is 0. The molecule has 1 heterocycles. The second-order valence-corrected chi connectivity index (χ2v) is 7.23. The number of hydrogen-bond donors (Lipinski definition) is 1. The summed E-state index contributed by atoms with van der Waals surface area (Å²) in [6.45, 7) is 0. The lowest BCUT2D eigenvalue weighted by molar-refractivity contribution is 0.563. The highest BCUT2D eigenvalue weighted by atomic mass is 35.5. The predicted molar refractivity (Wildman–Crippen MR) is 83.0 cm³/mol. The van der Waals surface area contributed by atoms with Gasteiger partial charge in [0.15, 0.2) is 0 Å². The van der Waals surface area contributed by atoms with Crippen molar-refractivity contribution in [3.8, 4) is 0 Å². The third kappa shape index (κ3) is 2.97. The number of nitrogens with two attached hydrogens (primary N) is 1. The Morgan fingerprint density at radius 1 is 1.42 bits per heavy atom. The summed E-state index contributed by atoms with van der Waals surface area (Å²) in [5.74, 6) is 0.869. The topological polar surface area (TPSA) is 38.9 Å². The smallest absolute Gasteiger partial charge is 0.103 e. The van der Waals surface area contributed by atoms with Gasteiger partial charge in [0, 0.05) is 15.8 Å². The SMILES string of the molecule is NC1CCCc2sc(CSc3ccccc3Cl)nc21. The fourth-order valence-electron chi connectivity index (χ4n) is 2.27. The number of halogens is 1. The number of nitrogens with zero attached hydrogens (tertiary/aromatic N) is 1. The van der Waals surface area contributed by atoms with E-state index in [2.05, 4.69) is 0 Å². The Morgan fingerprint density at radius 2 is 2.26 bits per heavy atom. The summed E-state index contributed by atoms with van der Waals surface area (Å²) in [6.07, 6.45) is 3.39. The molecule has 1 aromatic carbocycles. The minimum atomic E-state index is 0.138. The van der Waals surface area contributed by atoms with Gasteiger partial charge in [0.25, 0.3) is 0 Å². The lowest BCUT2D eigenvalue weighted by Gasteiger charge is -2.15. The minimum absolute atomic E-state index is 0.138. The first-order chi connectivity index (χ1) is 9.24. The number of aromatic nitrogens is 1. The maximum Gasteiger partial charge on any atom is 0.103 e. The van der Waals surface area contributed by atoms with Gasteiger partial charge in [-0.05, 0) is 31.4 Å². The van der Waals surface area contributed by atoms with Crippen molar-refractivity contribution >= 4 is 34.7 Å². The molecule has 19 heavy (non-hydrogen) atoms. The molecule has 0 saturated heterocycles. The molecule has 0 spiro atoms. The molecule has 100 valence electrons. The minimum Gasteiger partial charge on any atom is -0.323 e. The number of aryl methyl sites for hydroxylation is 1. The van der Waals surface area contributed by atoms with Crippen LogP contribution in [0.2, 0.25) is 5.02 Å². The molecule has 5 heteroatoms. The Labute approximate surface area is 126 Å². The number of fused-ring (bicyclic) bond motifs is 1. The molecule has 1 atom stereocenters. The average molecular weight is 311 g/mol. The number of hydrogen-bond acceptors (Lipinski definition) is 4. The third-order valence-corrected chi connectivity index (χ3v) is 6.07. The van der Waals surface area contributed by atoms with Crippen LogP contribution < -0.4 is 5.73 Å². The van der Waals surface area contributed by atoms with Gasteiger partial charge in [-0.15, -0.1) is 23.1 Å². The molecule has 0 amide bonds. The molecule has 2 nitrogen and oxygen atoms in total. The standard InChI is InChI=1S/C14H15ClN2S2/c15-9-4-1-2-6-11(9)18-8-13-17-14-10(16)5-3-7-12(14)19-13/h1-2,4,6,10H,3,5,7-8,16H2. The molecule has 0 saturated carbocycles. The Kier molecular flexibility index (Phi) is 4.12.